The van der Waals surface area contributed by atoms with E-state index in [1.54, 1.807) is 17.9 Å². The van der Waals surface area contributed by atoms with Gasteiger partial charge in [-0.15, -0.1) is 0 Å². The Morgan fingerprint density at radius 3 is 2.65 bits per heavy atom. The summed E-state index contributed by atoms with van der Waals surface area (Å²) in [5.41, 5.74) is 1.37. The summed E-state index contributed by atoms with van der Waals surface area (Å²) in [7, 11) is 3.30. The van der Waals surface area contributed by atoms with Crippen LogP contribution in [-0.4, -0.2) is 45.3 Å². The Kier molecular flexibility index (Phi) is 4.42. The highest BCUT2D eigenvalue weighted by atomic mass is 16.4. The molecular weight excluding hydrogens is 258 g/mol. The highest BCUT2D eigenvalue weighted by Gasteiger charge is 2.26. The molecule has 110 valence electrons. The molecule has 0 atom stereocenters. The van der Waals surface area contributed by atoms with Gasteiger partial charge in [-0.25, -0.2) is 0 Å². The SMILES string of the molecule is CN(CC(=O)O)C(=O)c1cn(C)nc1C1CCCCC1. The molecule has 6 nitrogen and oxygen atoms in total. The molecule has 0 aromatic carbocycles. The summed E-state index contributed by atoms with van der Waals surface area (Å²) >= 11 is 0. The topological polar surface area (TPSA) is 75.4 Å². The predicted octanol–water partition coefficient (Wildman–Crippen LogP) is 1.62. The van der Waals surface area contributed by atoms with Crippen LogP contribution in [0, 0.1) is 0 Å². The third-order valence-electron chi connectivity index (χ3n) is 3.80. The maximum atomic E-state index is 12.4. The molecule has 1 heterocycles. The fraction of sp³-hybridized carbons (Fsp3) is 0.643. The van der Waals surface area contributed by atoms with Crippen molar-refractivity contribution in [3.8, 4) is 0 Å². The van der Waals surface area contributed by atoms with Crippen LogP contribution in [0.2, 0.25) is 0 Å². The van der Waals surface area contributed by atoms with Crippen LogP contribution in [0.1, 0.15) is 54.1 Å². The van der Waals surface area contributed by atoms with Gasteiger partial charge in [0.1, 0.15) is 6.54 Å². The van der Waals surface area contributed by atoms with Crippen molar-refractivity contribution in [2.45, 2.75) is 38.0 Å². The van der Waals surface area contributed by atoms with Gasteiger partial charge < -0.3 is 10.0 Å². The number of carboxylic acid groups (broad SMARTS) is 1. The third-order valence-corrected chi connectivity index (χ3v) is 3.80. The molecule has 2 rings (SSSR count). The maximum Gasteiger partial charge on any atom is 0.323 e. The first-order chi connectivity index (χ1) is 9.49. The van der Waals surface area contributed by atoms with Gasteiger partial charge in [0, 0.05) is 26.2 Å². The van der Waals surface area contributed by atoms with Crippen molar-refractivity contribution in [3.05, 3.63) is 17.5 Å². The molecule has 0 spiro atoms. The lowest BCUT2D eigenvalue weighted by Gasteiger charge is -2.22. The second kappa shape index (κ2) is 6.07. The summed E-state index contributed by atoms with van der Waals surface area (Å²) < 4.78 is 1.64. The standard InChI is InChI=1S/C14H21N3O3/c1-16(9-12(18)19)14(20)11-8-17(2)15-13(11)10-6-4-3-5-7-10/h8,10H,3-7,9H2,1-2H3,(H,18,19). The van der Waals surface area contributed by atoms with Crippen molar-refractivity contribution < 1.29 is 14.7 Å². The van der Waals surface area contributed by atoms with Crippen LogP contribution in [0.3, 0.4) is 0 Å². The van der Waals surface area contributed by atoms with Crippen LogP contribution < -0.4 is 0 Å². The molecule has 0 unspecified atom stereocenters. The predicted molar refractivity (Wildman–Crippen MR) is 73.6 cm³/mol. The van der Waals surface area contributed by atoms with E-state index in [1.807, 2.05) is 0 Å². The number of likely N-dealkylation sites (N-methyl/N-ethyl adjacent to an activating group) is 1. The minimum absolute atomic E-state index is 0.263. The van der Waals surface area contributed by atoms with Gasteiger partial charge in [-0.2, -0.15) is 5.10 Å². The average Bonchev–Trinajstić information content (AvgIpc) is 2.80. The van der Waals surface area contributed by atoms with Crippen LogP contribution in [-0.2, 0) is 11.8 Å². The van der Waals surface area contributed by atoms with Crippen molar-refractivity contribution in [3.63, 3.8) is 0 Å². The van der Waals surface area contributed by atoms with Crippen molar-refractivity contribution in [1.82, 2.24) is 14.7 Å². The summed E-state index contributed by atoms with van der Waals surface area (Å²) in [6.07, 6.45) is 7.38. The van der Waals surface area contributed by atoms with Gasteiger partial charge in [-0.3, -0.25) is 14.3 Å². The summed E-state index contributed by atoms with van der Waals surface area (Å²) in [5, 5.41) is 13.2. The van der Waals surface area contributed by atoms with Crippen molar-refractivity contribution in [1.29, 1.82) is 0 Å². The summed E-state index contributed by atoms with van der Waals surface area (Å²) in [4.78, 5) is 24.3. The first-order valence-corrected chi connectivity index (χ1v) is 7.00. The second-order valence-corrected chi connectivity index (χ2v) is 5.49. The molecule has 0 bridgehead atoms. The lowest BCUT2D eigenvalue weighted by Crippen LogP contribution is -2.32. The van der Waals surface area contributed by atoms with Gasteiger partial charge >= 0.3 is 5.97 Å². The van der Waals surface area contributed by atoms with Crippen molar-refractivity contribution in [2.24, 2.45) is 7.05 Å². The van der Waals surface area contributed by atoms with E-state index in [9.17, 15) is 9.59 Å². The zero-order valence-electron chi connectivity index (χ0n) is 12.0. The number of carboxylic acids is 1. The van der Waals surface area contributed by atoms with Gasteiger partial charge in [0.15, 0.2) is 0 Å². The Bertz CT molecular complexity index is 504. The van der Waals surface area contributed by atoms with E-state index in [-0.39, 0.29) is 12.5 Å². The van der Waals surface area contributed by atoms with Gasteiger partial charge in [0.05, 0.1) is 11.3 Å². The molecule has 0 aliphatic heterocycles. The highest BCUT2D eigenvalue weighted by molar-refractivity contribution is 5.96. The van der Waals surface area contributed by atoms with E-state index in [2.05, 4.69) is 5.10 Å². The molecule has 1 aromatic heterocycles. The van der Waals surface area contributed by atoms with Gasteiger partial charge in [0.2, 0.25) is 0 Å². The zero-order chi connectivity index (χ0) is 14.7. The lowest BCUT2D eigenvalue weighted by molar-refractivity contribution is -0.137. The number of nitrogens with zero attached hydrogens (tertiary/aromatic N) is 3. The van der Waals surface area contributed by atoms with E-state index in [1.165, 1.54) is 31.2 Å². The molecular formula is C14H21N3O3. The second-order valence-electron chi connectivity index (χ2n) is 5.49. The monoisotopic (exact) mass is 279 g/mol. The number of hydrogen-bond donors (Lipinski definition) is 1. The molecule has 0 radical (unpaired) electrons. The molecule has 1 N–H and O–H groups in total. The lowest BCUT2D eigenvalue weighted by atomic mass is 9.85. The molecule has 1 aliphatic carbocycles. The fourth-order valence-corrected chi connectivity index (χ4v) is 2.83. The van der Waals surface area contributed by atoms with Gasteiger partial charge in [0.25, 0.3) is 5.91 Å². The Balaban J connectivity index is 2.22. The highest BCUT2D eigenvalue weighted by Crippen LogP contribution is 2.33. The molecule has 0 saturated heterocycles. The smallest absolute Gasteiger partial charge is 0.323 e. The fourth-order valence-electron chi connectivity index (χ4n) is 2.83. The number of hydrogen-bond acceptors (Lipinski definition) is 3. The minimum Gasteiger partial charge on any atom is -0.480 e. The Morgan fingerprint density at radius 2 is 2.05 bits per heavy atom. The molecule has 1 fully saturated rings. The quantitative estimate of drug-likeness (QED) is 0.908. The summed E-state index contributed by atoms with van der Waals surface area (Å²) in [6.45, 7) is -0.294. The van der Waals surface area contributed by atoms with Crippen molar-refractivity contribution >= 4 is 11.9 Å². The van der Waals surface area contributed by atoms with Gasteiger partial charge in [-0.05, 0) is 12.8 Å². The minimum atomic E-state index is -1.01. The Labute approximate surface area is 118 Å². The first-order valence-electron chi connectivity index (χ1n) is 7.00. The van der Waals surface area contributed by atoms with E-state index in [4.69, 9.17) is 5.11 Å². The van der Waals surface area contributed by atoms with Crippen LogP contribution in [0.25, 0.3) is 0 Å². The van der Waals surface area contributed by atoms with Crippen LogP contribution in [0.15, 0.2) is 6.20 Å². The van der Waals surface area contributed by atoms with Crippen LogP contribution in [0.4, 0.5) is 0 Å². The molecule has 1 amide bonds. The molecule has 6 heteroatoms. The zero-order valence-corrected chi connectivity index (χ0v) is 12.0. The number of aliphatic carboxylic acids is 1. The summed E-state index contributed by atoms with van der Waals surface area (Å²) in [5.74, 6) is -0.952. The first kappa shape index (κ1) is 14.6. The van der Waals surface area contributed by atoms with Crippen molar-refractivity contribution in [2.75, 3.05) is 13.6 Å². The molecule has 1 aliphatic rings. The molecule has 1 aromatic rings. The normalized spacial score (nSPS) is 16.1. The van der Waals surface area contributed by atoms with E-state index in [0.29, 0.717) is 11.5 Å². The third kappa shape index (κ3) is 3.18. The number of amides is 1. The summed E-state index contributed by atoms with van der Waals surface area (Å²) in [6, 6.07) is 0. The number of aryl methyl sites for hydroxylation is 1. The number of rotatable bonds is 4. The van der Waals surface area contributed by atoms with Crippen LogP contribution >= 0.6 is 0 Å². The molecule has 20 heavy (non-hydrogen) atoms. The maximum absolute atomic E-state index is 12.4. The van der Waals surface area contributed by atoms with Crippen LogP contribution in [0.5, 0.6) is 0 Å². The number of carbonyl (C=O) groups is 2. The van der Waals surface area contributed by atoms with Gasteiger partial charge in [-0.1, -0.05) is 19.3 Å². The average molecular weight is 279 g/mol. The largest absolute Gasteiger partial charge is 0.480 e. The number of carbonyl (C=O) groups excluding carboxylic acids is 1. The van der Waals surface area contributed by atoms with E-state index < -0.39 is 5.97 Å². The Hall–Kier alpha value is -1.85. The van der Waals surface area contributed by atoms with E-state index in [0.717, 1.165) is 18.5 Å². The Morgan fingerprint density at radius 1 is 1.40 bits per heavy atom. The van der Waals surface area contributed by atoms with E-state index >= 15 is 0 Å². The molecule has 1 saturated carbocycles. The number of aromatic nitrogens is 2.